The van der Waals surface area contributed by atoms with E-state index >= 15 is 0 Å². The fourth-order valence-electron chi connectivity index (χ4n) is 2.13. The Kier molecular flexibility index (Phi) is 5.07. The van der Waals surface area contributed by atoms with Crippen LogP contribution in [0.5, 0.6) is 0 Å². The molecule has 90 valence electrons. The topological polar surface area (TPSA) is 15.3 Å². The molecule has 1 fully saturated rings. The van der Waals surface area contributed by atoms with Gasteiger partial charge in [0.2, 0.25) is 0 Å². The van der Waals surface area contributed by atoms with Crippen LogP contribution in [-0.4, -0.2) is 36.6 Å². The molecule has 0 spiro atoms. The maximum Gasteiger partial charge on any atom is 0.0218 e. The highest BCUT2D eigenvalue weighted by Gasteiger charge is 2.26. The van der Waals surface area contributed by atoms with Crippen LogP contribution >= 0.6 is 0 Å². The largest absolute Gasteiger partial charge is 0.311 e. The summed E-state index contributed by atoms with van der Waals surface area (Å²) in [7, 11) is 0. The Bertz CT molecular complexity index is 177. The maximum atomic E-state index is 3.64. The lowest BCUT2D eigenvalue weighted by atomic mass is 9.99. The first-order chi connectivity index (χ1) is 7.00. The smallest absolute Gasteiger partial charge is 0.0218 e. The van der Waals surface area contributed by atoms with Crippen molar-refractivity contribution < 1.29 is 0 Å². The van der Waals surface area contributed by atoms with E-state index in [9.17, 15) is 0 Å². The molecule has 0 aliphatic carbocycles. The van der Waals surface area contributed by atoms with Crippen LogP contribution in [0.4, 0.5) is 0 Å². The Morgan fingerprint density at radius 3 is 2.47 bits per heavy atom. The summed E-state index contributed by atoms with van der Waals surface area (Å²) >= 11 is 0. The van der Waals surface area contributed by atoms with Crippen molar-refractivity contribution in [3.8, 4) is 0 Å². The van der Waals surface area contributed by atoms with Crippen LogP contribution < -0.4 is 5.32 Å². The van der Waals surface area contributed by atoms with Crippen molar-refractivity contribution in [3.05, 3.63) is 0 Å². The van der Waals surface area contributed by atoms with Gasteiger partial charge in [0.05, 0.1) is 0 Å². The van der Waals surface area contributed by atoms with Gasteiger partial charge in [-0.05, 0) is 31.7 Å². The molecule has 0 aromatic rings. The average molecular weight is 212 g/mol. The summed E-state index contributed by atoms with van der Waals surface area (Å²) in [6.45, 7) is 15.2. The molecule has 2 atom stereocenters. The molecular formula is C13H28N2. The van der Waals surface area contributed by atoms with Gasteiger partial charge in [-0.15, -0.1) is 0 Å². The number of hydrogen-bond donors (Lipinski definition) is 1. The minimum Gasteiger partial charge on any atom is -0.311 e. The molecular weight excluding hydrogens is 184 g/mol. The molecule has 1 aliphatic heterocycles. The van der Waals surface area contributed by atoms with Crippen LogP contribution in [0.1, 0.15) is 41.0 Å². The summed E-state index contributed by atoms with van der Waals surface area (Å²) in [5.41, 5.74) is 0. The van der Waals surface area contributed by atoms with E-state index in [1.54, 1.807) is 0 Å². The molecule has 0 amide bonds. The predicted octanol–water partition coefficient (Wildman–Crippen LogP) is 2.35. The van der Waals surface area contributed by atoms with Crippen molar-refractivity contribution in [2.45, 2.75) is 53.1 Å². The van der Waals surface area contributed by atoms with Crippen molar-refractivity contribution >= 4 is 0 Å². The lowest BCUT2D eigenvalue weighted by molar-refractivity contribution is 0.118. The van der Waals surface area contributed by atoms with Gasteiger partial charge in [-0.1, -0.05) is 27.7 Å². The van der Waals surface area contributed by atoms with Crippen LogP contribution in [0.2, 0.25) is 0 Å². The summed E-state index contributed by atoms with van der Waals surface area (Å²) in [4.78, 5) is 2.65. The van der Waals surface area contributed by atoms with Crippen LogP contribution in [0, 0.1) is 11.8 Å². The molecule has 0 bridgehead atoms. The lowest BCUT2D eigenvalue weighted by Gasteiger charge is -2.40. The molecule has 1 saturated heterocycles. The van der Waals surface area contributed by atoms with Crippen LogP contribution in [-0.2, 0) is 0 Å². The Morgan fingerprint density at radius 1 is 1.27 bits per heavy atom. The van der Waals surface area contributed by atoms with Crippen LogP contribution in [0.3, 0.4) is 0 Å². The second kappa shape index (κ2) is 5.86. The number of nitrogens with one attached hydrogen (secondary N) is 1. The van der Waals surface area contributed by atoms with Crippen LogP contribution in [0.15, 0.2) is 0 Å². The molecule has 1 rings (SSSR count). The van der Waals surface area contributed by atoms with E-state index in [2.05, 4.69) is 44.8 Å². The molecule has 15 heavy (non-hydrogen) atoms. The summed E-state index contributed by atoms with van der Waals surface area (Å²) in [6, 6.07) is 1.40. The van der Waals surface area contributed by atoms with E-state index in [0.29, 0.717) is 12.1 Å². The summed E-state index contributed by atoms with van der Waals surface area (Å²) in [5, 5.41) is 3.64. The third-order valence-corrected chi connectivity index (χ3v) is 3.53. The molecule has 1 aliphatic rings. The van der Waals surface area contributed by atoms with Crippen molar-refractivity contribution in [2.75, 3.05) is 19.6 Å². The van der Waals surface area contributed by atoms with Gasteiger partial charge in [0, 0.05) is 25.2 Å². The van der Waals surface area contributed by atoms with Crippen LogP contribution in [0.25, 0.3) is 0 Å². The first kappa shape index (κ1) is 13.0. The Labute approximate surface area is 95.4 Å². The van der Waals surface area contributed by atoms with Gasteiger partial charge in [0.25, 0.3) is 0 Å². The minimum atomic E-state index is 0.688. The Balaban J connectivity index is 2.39. The second-order valence-electron chi connectivity index (χ2n) is 5.79. The average Bonchev–Trinajstić information content (AvgIpc) is 2.16. The first-order valence-corrected chi connectivity index (χ1v) is 6.48. The highest BCUT2D eigenvalue weighted by Crippen LogP contribution is 2.14. The molecule has 0 aromatic carbocycles. The van der Waals surface area contributed by atoms with Gasteiger partial charge >= 0.3 is 0 Å². The molecule has 0 aromatic heterocycles. The maximum absolute atomic E-state index is 3.64. The van der Waals surface area contributed by atoms with Gasteiger partial charge < -0.3 is 5.32 Å². The highest BCUT2D eigenvalue weighted by molar-refractivity contribution is 4.85. The van der Waals surface area contributed by atoms with E-state index in [1.165, 1.54) is 19.5 Å². The fourth-order valence-corrected chi connectivity index (χ4v) is 2.13. The Hall–Kier alpha value is -0.0800. The third kappa shape index (κ3) is 4.12. The molecule has 2 heteroatoms. The van der Waals surface area contributed by atoms with E-state index in [1.807, 2.05) is 0 Å². The highest BCUT2D eigenvalue weighted by atomic mass is 15.2. The number of piperazine rings is 1. The number of rotatable bonds is 4. The first-order valence-electron chi connectivity index (χ1n) is 6.48. The normalized spacial score (nSPS) is 29.0. The van der Waals surface area contributed by atoms with Crippen molar-refractivity contribution in [1.29, 1.82) is 0 Å². The van der Waals surface area contributed by atoms with E-state index < -0.39 is 0 Å². The van der Waals surface area contributed by atoms with Crippen molar-refractivity contribution in [1.82, 2.24) is 10.2 Å². The van der Waals surface area contributed by atoms with Gasteiger partial charge in [-0.3, -0.25) is 4.90 Å². The molecule has 2 nitrogen and oxygen atoms in total. The van der Waals surface area contributed by atoms with Gasteiger partial charge in [0.15, 0.2) is 0 Å². The minimum absolute atomic E-state index is 0.688. The van der Waals surface area contributed by atoms with E-state index in [-0.39, 0.29) is 0 Å². The molecule has 1 heterocycles. The van der Waals surface area contributed by atoms with Gasteiger partial charge in [0.1, 0.15) is 0 Å². The second-order valence-corrected chi connectivity index (χ2v) is 5.79. The zero-order valence-electron chi connectivity index (χ0n) is 11.1. The molecule has 1 N–H and O–H groups in total. The fraction of sp³-hybridized carbons (Fsp3) is 1.00. The lowest BCUT2D eigenvalue weighted by Crippen LogP contribution is -2.57. The monoisotopic (exact) mass is 212 g/mol. The quantitative estimate of drug-likeness (QED) is 0.769. The molecule has 2 unspecified atom stereocenters. The van der Waals surface area contributed by atoms with Gasteiger partial charge in [-0.25, -0.2) is 0 Å². The third-order valence-electron chi connectivity index (χ3n) is 3.53. The van der Waals surface area contributed by atoms with Crippen molar-refractivity contribution in [2.24, 2.45) is 11.8 Å². The van der Waals surface area contributed by atoms with E-state index in [4.69, 9.17) is 0 Å². The van der Waals surface area contributed by atoms with Crippen molar-refractivity contribution in [3.63, 3.8) is 0 Å². The summed E-state index contributed by atoms with van der Waals surface area (Å²) < 4.78 is 0. The van der Waals surface area contributed by atoms with E-state index in [0.717, 1.165) is 18.4 Å². The summed E-state index contributed by atoms with van der Waals surface area (Å²) in [6.07, 6.45) is 1.33. The zero-order valence-corrected chi connectivity index (χ0v) is 11.1. The summed E-state index contributed by atoms with van der Waals surface area (Å²) in [5.74, 6) is 1.57. The SMILES string of the molecule is CC(C)CCN1CC(C(C)C)NCC1C. The van der Waals surface area contributed by atoms with Gasteiger partial charge in [-0.2, -0.15) is 0 Å². The Morgan fingerprint density at radius 2 is 1.93 bits per heavy atom. The standard InChI is InChI=1S/C13H28N2/c1-10(2)6-7-15-9-13(11(3)4)14-8-12(15)5/h10-14H,6-9H2,1-5H3. The number of nitrogens with zero attached hydrogens (tertiary/aromatic N) is 1. The molecule has 0 saturated carbocycles. The zero-order chi connectivity index (χ0) is 11.4. The predicted molar refractivity (Wildman–Crippen MR) is 67.1 cm³/mol. The molecule has 0 radical (unpaired) electrons. The number of hydrogen-bond acceptors (Lipinski definition) is 2.